The van der Waals surface area contributed by atoms with Crippen molar-refractivity contribution in [2.75, 3.05) is 12.9 Å². The number of hydrogen-bond donors (Lipinski definition) is 2. The van der Waals surface area contributed by atoms with Crippen LogP contribution in [0.25, 0.3) is 28.0 Å². The van der Waals surface area contributed by atoms with Gasteiger partial charge in [-0.15, -0.1) is 10.2 Å². The summed E-state index contributed by atoms with van der Waals surface area (Å²) in [6.07, 6.45) is 1.95. The Morgan fingerprint density at radius 2 is 1.91 bits per heavy atom. The summed E-state index contributed by atoms with van der Waals surface area (Å²) in [6, 6.07) is 24.0. The first kappa shape index (κ1) is 22.7. The molecular formula is C27H25N5O2S. The molecule has 0 atom stereocenters. The van der Waals surface area contributed by atoms with Crippen molar-refractivity contribution in [3.8, 4) is 22.8 Å². The van der Waals surface area contributed by atoms with Gasteiger partial charge in [0.15, 0.2) is 11.0 Å². The maximum Gasteiger partial charge on any atom is 0.230 e. The Hall–Kier alpha value is -4.04. The summed E-state index contributed by atoms with van der Waals surface area (Å²) >= 11 is 1.36. The number of H-pyrrole nitrogens is 1. The van der Waals surface area contributed by atoms with Gasteiger partial charge in [-0.1, -0.05) is 54.2 Å². The fourth-order valence-electron chi connectivity index (χ4n) is 3.96. The Labute approximate surface area is 207 Å². The van der Waals surface area contributed by atoms with E-state index in [0.29, 0.717) is 11.7 Å². The van der Waals surface area contributed by atoms with E-state index >= 15 is 0 Å². The van der Waals surface area contributed by atoms with Crippen LogP contribution in [0.1, 0.15) is 11.1 Å². The van der Waals surface area contributed by atoms with Crippen LogP contribution in [0.15, 0.2) is 84.1 Å². The van der Waals surface area contributed by atoms with Crippen LogP contribution in [-0.2, 0) is 11.3 Å². The predicted molar refractivity (Wildman–Crippen MR) is 139 cm³/mol. The highest BCUT2D eigenvalue weighted by molar-refractivity contribution is 7.99. The molecule has 0 bridgehead atoms. The average molecular weight is 484 g/mol. The van der Waals surface area contributed by atoms with Crippen molar-refractivity contribution in [1.29, 1.82) is 0 Å². The Kier molecular flexibility index (Phi) is 6.54. The normalized spacial score (nSPS) is 11.0. The summed E-state index contributed by atoms with van der Waals surface area (Å²) < 4.78 is 7.27. The molecule has 2 aromatic heterocycles. The molecule has 0 unspecified atom stereocenters. The van der Waals surface area contributed by atoms with Crippen molar-refractivity contribution in [3.05, 3.63) is 90.1 Å². The number of benzene rings is 3. The Morgan fingerprint density at radius 1 is 1.06 bits per heavy atom. The second-order valence-corrected chi connectivity index (χ2v) is 9.09. The molecule has 1 amide bonds. The number of nitrogens with one attached hydrogen (secondary N) is 2. The van der Waals surface area contributed by atoms with Gasteiger partial charge in [0.05, 0.1) is 12.9 Å². The van der Waals surface area contributed by atoms with E-state index in [4.69, 9.17) is 4.74 Å². The minimum atomic E-state index is -0.0785. The first-order chi connectivity index (χ1) is 17.1. The zero-order valence-electron chi connectivity index (χ0n) is 19.5. The van der Waals surface area contributed by atoms with Crippen LogP contribution in [0.5, 0.6) is 5.75 Å². The third-order valence-corrected chi connectivity index (χ3v) is 6.61. The van der Waals surface area contributed by atoms with Crippen molar-refractivity contribution in [2.24, 2.45) is 0 Å². The number of methoxy groups -OCH3 is 1. The van der Waals surface area contributed by atoms with E-state index in [2.05, 4.69) is 45.6 Å². The van der Waals surface area contributed by atoms with Crippen LogP contribution < -0.4 is 10.1 Å². The second kappa shape index (κ2) is 10.1. The number of aromatic amines is 1. The molecule has 35 heavy (non-hydrogen) atoms. The van der Waals surface area contributed by atoms with Crippen LogP contribution in [0, 0.1) is 6.92 Å². The zero-order chi connectivity index (χ0) is 24.2. The maximum absolute atomic E-state index is 12.6. The number of fused-ring (bicyclic) bond motifs is 1. The number of para-hydroxylation sites is 1. The number of nitrogens with zero attached hydrogens (tertiary/aromatic N) is 3. The number of hydrogen-bond acceptors (Lipinski definition) is 5. The smallest absolute Gasteiger partial charge is 0.230 e. The Balaban J connectivity index is 1.39. The summed E-state index contributed by atoms with van der Waals surface area (Å²) in [4.78, 5) is 15.9. The molecule has 0 saturated carbocycles. The van der Waals surface area contributed by atoms with Gasteiger partial charge in [0.25, 0.3) is 0 Å². The molecule has 0 spiro atoms. The first-order valence-corrected chi connectivity index (χ1v) is 12.2. The highest BCUT2D eigenvalue weighted by atomic mass is 32.2. The third-order valence-electron chi connectivity index (χ3n) is 5.68. The van der Waals surface area contributed by atoms with Crippen molar-refractivity contribution in [3.63, 3.8) is 0 Å². The third kappa shape index (κ3) is 4.93. The standard InChI is InChI=1S/C27H25N5O2S/c1-18-7-5-9-20(13-18)32-26(23-16-28-24-12-4-3-11-22(23)24)30-31-27(32)35-17-25(33)29-15-19-8-6-10-21(14-19)34-2/h3-14,16,28H,15,17H2,1-2H3,(H,29,33). The van der Waals surface area contributed by atoms with Crippen LogP contribution in [0.2, 0.25) is 0 Å². The quantitative estimate of drug-likeness (QED) is 0.299. The van der Waals surface area contributed by atoms with E-state index in [1.165, 1.54) is 11.8 Å². The molecule has 0 aliphatic rings. The SMILES string of the molecule is COc1cccc(CNC(=O)CSc2nnc(-c3c[nH]c4ccccc34)n2-c2cccc(C)c2)c1. The summed E-state index contributed by atoms with van der Waals surface area (Å²) in [5.74, 6) is 1.64. The van der Waals surface area contributed by atoms with Gasteiger partial charge in [0.1, 0.15) is 5.75 Å². The molecule has 5 rings (SSSR count). The van der Waals surface area contributed by atoms with Crippen LogP contribution in [-0.4, -0.2) is 38.5 Å². The van der Waals surface area contributed by atoms with Gasteiger partial charge in [0.2, 0.25) is 5.91 Å². The molecule has 5 aromatic rings. The number of carbonyl (C=O) groups excluding carboxylic acids is 1. The number of amides is 1. The summed E-state index contributed by atoms with van der Waals surface area (Å²) in [7, 11) is 1.63. The highest BCUT2D eigenvalue weighted by Crippen LogP contribution is 2.32. The van der Waals surface area contributed by atoms with Crippen LogP contribution >= 0.6 is 11.8 Å². The summed E-state index contributed by atoms with van der Waals surface area (Å²) in [5.41, 5.74) is 5.06. The molecule has 176 valence electrons. The van der Waals surface area contributed by atoms with E-state index in [1.54, 1.807) is 7.11 Å². The molecule has 8 heteroatoms. The van der Waals surface area contributed by atoms with Gasteiger partial charge in [0, 0.05) is 34.9 Å². The number of aromatic nitrogens is 4. The van der Waals surface area contributed by atoms with E-state index in [-0.39, 0.29) is 11.7 Å². The highest BCUT2D eigenvalue weighted by Gasteiger charge is 2.19. The summed E-state index contributed by atoms with van der Waals surface area (Å²) in [6.45, 7) is 2.49. The Morgan fingerprint density at radius 3 is 2.77 bits per heavy atom. The van der Waals surface area contributed by atoms with E-state index in [0.717, 1.165) is 44.9 Å². The van der Waals surface area contributed by atoms with Crippen LogP contribution in [0.3, 0.4) is 0 Å². The monoisotopic (exact) mass is 483 g/mol. The van der Waals surface area contributed by atoms with Gasteiger partial charge in [-0.25, -0.2) is 0 Å². The fraction of sp³-hybridized carbons (Fsp3) is 0.148. The Bertz CT molecular complexity index is 1490. The molecule has 7 nitrogen and oxygen atoms in total. The van der Waals surface area contributed by atoms with Crippen LogP contribution in [0.4, 0.5) is 0 Å². The van der Waals surface area contributed by atoms with E-state index < -0.39 is 0 Å². The number of carbonyl (C=O) groups is 1. The fourth-order valence-corrected chi connectivity index (χ4v) is 4.74. The minimum absolute atomic E-state index is 0.0785. The topological polar surface area (TPSA) is 84.8 Å². The lowest BCUT2D eigenvalue weighted by Crippen LogP contribution is -2.24. The lowest BCUT2D eigenvalue weighted by Gasteiger charge is -2.11. The van der Waals surface area contributed by atoms with Gasteiger partial charge in [-0.05, 0) is 48.4 Å². The van der Waals surface area contributed by atoms with E-state index in [9.17, 15) is 4.79 Å². The van der Waals surface area contributed by atoms with E-state index in [1.807, 2.05) is 65.4 Å². The van der Waals surface area contributed by atoms with Gasteiger partial charge in [-0.2, -0.15) is 0 Å². The number of rotatable bonds is 8. The molecule has 3 aromatic carbocycles. The zero-order valence-corrected chi connectivity index (χ0v) is 20.3. The molecule has 2 N–H and O–H groups in total. The van der Waals surface area contributed by atoms with Crippen molar-refractivity contribution < 1.29 is 9.53 Å². The lowest BCUT2D eigenvalue weighted by atomic mass is 10.1. The number of ether oxygens (including phenoxy) is 1. The van der Waals surface area contributed by atoms with Crippen molar-refractivity contribution in [1.82, 2.24) is 25.1 Å². The lowest BCUT2D eigenvalue weighted by molar-refractivity contribution is -0.118. The molecule has 0 aliphatic carbocycles. The van der Waals surface area contributed by atoms with Crippen molar-refractivity contribution in [2.45, 2.75) is 18.6 Å². The number of aryl methyl sites for hydroxylation is 1. The predicted octanol–water partition coefficient (Wildman–Crippen LogP) is 5.14. The second-order valence-electron chi connectivity index (χ2n) is 8.15. The average Bonchev–Trinajstić information content (AvgIpc) is 3.50. The van der Waals surface area contributed by atoms with Gasteiger partial charge in [-0.3, -0.25) is 9.36 Å². The van der Waals surface area contributed by atoms with Crippen molar-refractivity contribution >= 4 is 28.6 Å². The molecule has 0 fully saturated rings. The minimum Gasteiger partial charge on any atom is -0.497 e. The molecule has 0 saturated heterocycles. The number of thioether (sulfide) groups is 1. The maximum atomic E-state index is 12.6. The molecule has 2 heterocycles. The van der Waals surface area contributed by atoms with Gasteiger partial charge >= 0.3 is 0 Å². The summed E-state index contributed by atoms with van der Waals surface area (Å²) in [5, 5.41) is 13.7. The van der Waals surface area contributed by atoms with Gasteiger partial charge < -0.3 is 15.0 Å². The molecule has 0 radical (unpaired) electrons. The largest absolute Gasteiger partial charge is 0.497 e. The molecular weight excluding hydrogens is 458 g/mol. The molecule has 0 aliphatic heterocycles. The first-order valence-electron chi connectivity index (χ1n) is 11.2.